The number of carbonyl (C=O) groups is 4. The summed E-state index contributed by atoms with van der Waals surface area (Å²) < 4.78 is 10.6. The Labute approximate surface area is 214 Å². The number of methoxy groups -OCH3 is 2. The summed E-state index contributed by atoms with van der Waals surface area (Å²) in [6.45, 7) is 9.03. The molecule has 1 aromatic rings. The molecule has 10 heteroatoms. The van der Waals surface area contributed by atoms with Crippen LogP contribution < -0.4 is 25.8 Å². The van der Waals surface area contributed by atoms with Gasteiger partial charge in [-0.25, -0.2) is 0 Å². The van der Waals surface area contributed by atoms with E-state index in [1.54, 1.807) is 40.1 Å². The number of benzene rings is 1. The number of carbonyl (C=O) groups excluding carboxylic acids is 4. The summed E-state index contributed by atoms with van der Waals surface area (Å²) in [6, 6.07) is 4.20. The van der Waals surface area contributed by atoms with Crippen LogP contribution in [0.3, 0.4) is 0 Å². The van der Waals surface area contributed by atoms with Crippen LogP contribution >= 0.6 is 0 Å². The Bertz CT molecular complexity index is 933. The summed E-state index contributed by atoms with van der Waals surface area (Å²) in [4.78, 5) is 52.8. The van der Waals surface area contributed by atoms with Crippen LogP contribution in [0.1, 0.15) is 59.4 Å². The maximum atomic E-state index is 13.1. The summed E-state index contributed by atoms with van der Waals surface area (Å²) >= 11 is 0. The second kappa shape index (κ2) is 13.8. The summed E-state index contributed by atoms with van der Waals surface area (Å²) in [5.74, 6) is -1.09. The molecular formula is C26H42N4O6. The monoisotopic (exact) mass is 506 g/mol. The Balaban J connectivity index is 3.02. The second-order valence-corrected chi connectivity index (χ2v) is 9.94. The van der Waals surface area contributed by atoms with E-state index in [0.717, 1.165) is 5.56 Å². The van der Waals surface area contributed by atoms with Crippen LogP contribution in [0.25, 0.3) is 0 Å². The predicted molar refractivity (Wildman–Crippen MR) is 138 cm³/mol. The number of ether oxygens (including phenoxy) is 2. The van der Waals surface area contributed by atoms with Gasteiger partial charge in [0, 0.05) is 37.7 Å². The second-order valence-electron chi connectivity index (χ2n) is 9.94. The fourth-order valence-electron chi connectivity index (χ4n) is 3.66. The lowest BCUT2D eigenvalue weighted by molar-refractivity contribution is -0.144. The molecule has 1 rings (SSSR count). The molecule has 4 N–H and O–H groups in total. The van der Waals surface area contributed by atoms with Gasteiger partial charge in [0.05, 0.1) is 20.3 Å². The van der Waals surface area contributed by atoms with E-state index < -0.39 is 29.2 Å². The van der Waals surface area contributed by atoms with Gasteiger partial charge in [0.25, 0.3) is 5.91 Å². The van der Waals surface area contributed by atoms with Gasteiger partial charge in [-0.1, -0.05) is 13.8 Å². The van der Waals surface area contributed by atoms with Gasteiger partial charge in [-0.3, -0.25) is 19.2 Å². The number of nitrogens with one attached hydrogen (secondary N) is 2. The fraction of sp³-hybridized carbons (Fsp3) is 0.615. The highest BCUT2D eigenvalue weighted by Crippen LogP contribution is 2.26. The molecule has 1 aromatic carbocycles. The number of nitrogens with two attached hydrogens (primary N) is 1. The summed E-state index contributed by atoms with van der Waals surface area (Å²) in [6.07, 6.45) is 0.270. The van der Waals surface area contributed by atoms with E-state index >= 15 is 0 Å². The fourth-order valence-corrected chi connectivity index (χ4v) is 3.66. The topological polar surface area (TPSA) is 140 Å². The van der Waals surface area contributed by atoms with E-state index in [1.165, 1.54) is 18.9 Å². The quantitative estimate of drug-likeness (QED) is 0.327. The first kappa shape index (κ1) is 30.9. The number of hydrogen-bond acceptors (Lipinski definition) is 7. The average Bonchev–Trinajstić information content (AvgIpc) is 2.81. The molecule has 10 nitrogen and oxygen atoms in total. The lowest BCUT2D eigenvalue weighted by Gasteiger charge is -2.31. The number of rotatable bonds is 14. The Morgan fingerprint density at radius 1 is 1.08 bits per heavy atom. The van der Waals surface area contributed by atoms with Gasteiger partial charge in [-0.2, -0.15) is 0 Å². The zero-order valence-electron chi connectivity index (χ0n) is 22.8. The van der Waals surface area contributed by atoms with Gasteiger partial charge in [0.1, 0.15) is 17.0 Å². The van der Waals surface area contributed by atoms with Gasteiger partial charge < -0.3 is 30.7 Å². The minimum absolute atomic E-state index is 0.0690. The zero-order valence-corrected chi connectivity index (χ0v) is 22.8. The molecule has 0 aliphatic heterocycles. The molecule has 0 bridgehead atoms. The van der Waals surface area contributed by atoms with Crippen molar-refractivity contribution in [2.24, 2.45) is 11.7 Å². The van der Waals surface area contributed by atoms with Crippen molar-refractivity contribution in [2.45, 2.75) is 78.0 Å². The number of hydrogen-bond donors (Lipinski definition) is 3. The number of Topliss-reactive ketones (excluding diaryl/α,β-unsaturated/α-hetero) is 1. The molecule has 2 atom stereocenters. The van der Waals surface area contributed by atoms with Gasteiger partial charge >= 0.3 is 0 Å². The Kier molecular flexibility index (Phi) is 11.9. The van der Waals surface area contributed by atoms with Crippen molar-refractivity contribution in [3.8, 4) is 11.5 Å². The van der Waals surface area contributed by atoms with Crippen LogP contribution in [0.5, 0.6) is 11.5 Å². The predicted octanol–water partition coefficient (Wildman–Crippen LogP) is 1.78. The highest BCUT2D eigenvalue weighted by atomic mass is 16.5. The van der Waals surface area contributed by atoms with Crippen LogP contribution in [-0.2, 0) is 25.7 Å². The van der Waals surface area contributed by atoms with Crippen molar-refractivity contribution in [2.75, 3.05) is 21.3 Å². The van der Waals surface area contributed by atoms with E-state index in [-0.39, 0.29) is 37.3 Å². The first-order valence-corrected chi connectivity index (χ1v) is 12.1. The van der Waals surface area contributed by atoms with Crippen molar-refractivity contribution in [1.82, 2.24) is 15.5 Å². The standard InChI is InChI=1S/C26H42N4O6/c1-16(2)13-20(27)24(33)29-26(5,23(32)25(34)28-17(3)4)12-11-22(31)30(6)15-18-9-10-19(35-7)14-21(18)36-8/h9-10,14,16-17,20H,11-13,15,27H2,1-8H3,(H,28,34)(H,29,33)/t20-,26?/m0/s1. The Morgan fingerprint density at radius 2 is 1.72 bits per heavy atom. The van der Waals surface area contributed by atoms with Crippen molar-refractivity contribution in [3.05, 3.63) is 23.8 Å². The van der Waals surface area contributed by atoms with Gasteiger partial charge in [0.2, 0.25) is 17.6 Å². The molecule has 0 fully saturated rings. The third-order valence-electron chi connectivity index (χ3n) is 5.75. The molecule has 0 heterocycles. The molecule has 0 radical (unpaired) electrons. The SMILES string of the molecule is COc1ccc(CN(C)C(=O)CCC(C)(NC(=O)[C@@H](N)CC(C)C)C(=O)C(=O)NC(C)C)c(OC)c1. The molecule has 0 saturated carbocycles. The summed E-state index contributed by atoms with van der Waals surface area (Å²) in [5, 5.41) is 5.21. The molecule has 1 unspecified atom stereocenters. The molecule has 0 spiro atoms. The smallest absolute Gasteiger partial charge is 0.290 e. The van der Waals surface area contributed by atoms with Crippen LogP contribution in [0, 0.1) is 5.92 Å². The van der Waals surface area contributed by atoms with Crippen LogP contribution in [0.4, 0.5) is 0 Å². The molecular weight excluding hydrogens is 464 g/mol. The summed E-state index contributed by atoms with van der Waals surface area (Å²) in [7, 11) is 4.72. The highest BCUT2D eigenvalue weighted by Gasteiger charge is 2.40. The number of amides is 3. The van der Waals surface area contributed by atoms with Gasteiger partial charge in [0.15, 0.2) is 0 Å². The number of ketones is 1. The van der Waals surface area contributed by atoms with E-state index in [2.05, 4.69) is 10.6 Å². The van der Waals surface area contributed by atoms with E-state index in [9.17, 15) is 19.2 Å². The maximum Gasteiger partial charge on any atom is 0.290 e. The third kappa shape index (κ3) is 9.14. The average molecular weight is 507 g/mol. The van der Waals surface area contributed by atoms with E-state index in [4.69, 9.17) is 15.2 Å². The molecule has 0 aliphatic rings. The largest absolute Gasteiger partial charge is 0.497 e. The molecule has 36 heavy (non-hydrogen) atoms. The normalized spacial score (nSPS) is 13.5. The van der Waals surface area contributed by atoms with Crippen molar-refractivity contribution >= 4 is 23.5 Å². The van der Waals surface area contributed by atoms with Crippen molar-refractivity contribution in [3.63, 3.8) is 0 Å². The minimum atomic E-state index is -1.60. The lowest BCUT2D eigenvalue weighted by atomic mass is 9.88. The van der Waals surface area contributed by atoms with Gasteiger partial charge in [-0.05, 0) is 51.7 Å². The molecule has 202 valence electrons. The van der Waals surface area contributed by atoms with E-state index in [1.807, 2.05) is 19.9 Å². The lowest BCUT2D eigenvalue weighted by Crippen LogP contribution is -2.60. The molecule has 3 amide bonds. The molecule has 0 aliphatic carbocycles. The van der Waals surface area contributed by atoms with E-state index in [0.29, 0.717) is 17.9 Å². The highest BCUT2D eigenvalue weighted by molar-refractivity contribution is 6.40. The zero-order chi connectivity index (χ0) is 27.6. The molecule has 0 aromatic heterocycles. The third-order valence-corrected chi connectivity index (χ3v) is 5.75. The molecule has 0 saturated heterocycles. The van der Waals surface area contributed by atoms with Crippen molar-refractivity contribution in [1.29, 1.82) is 0 Å². The van der Waals surface area contributed by atoms with Crippen LogP contribution in [-0.4, -0.2) is 67.3 Å². The maximum absolute atomic E-state index is 13.1. The van der Waals surface area contributed by atoms with Crippen LogP contribution in [0.2, 0.25) is 0 Å². The summed E-state index contributed by atoms with van der Waals surface area (Å²) in [5.41, 5.74) is 5.18. The van der Waals surface area contributed by atoms with Crippen molar-refractivity contribution < 1.29 is 28.7 Å². The minimum Gasteiger partial charge on any atom is -0.497 e. The first-order valence-electron chi connectivity index (χ1n) is 12.1. The number of nitrogens with zero attached hydrogens (tertiary/aromatic N) is 1. The van der Waals surface area contributed by atoms with Gasteiger partial charge in [-0.15, -0.1) is 0 Å². The Morgan fingerprint density at radius 3 is 2.25 bits per heavy atom. The first-order chi connectivity index (χ1) is 16.7. The Hall–Kier alpha value is -3.14. The van der Waals surface area contributed by atoms with Crippen LogP contribution in [0.15, 0.2) is 18.2 Å².